The molecule has 0 spiro atoms. The lowest BCUT2D eigenvalue weighted by atomic mass is 9.89. The van der Waals surface area contributed by atoms with Gasteiger partial charge in [-0.25, -0.2) is 9.18 Å². The van der Waals surface area contributed by atoms with E-state index in [-0.39, 0.29) is 6.42 Å². The Morgan fingerprint density at radius 2 is 2.00 bits per heavy atom. The number of hydrogen-bond donors (Lipinski definition) is 1. The third-order valence-electron chi connectivity index (χ3n) is 4.01. The van der Waals surface area contributed by atoms with E-state index in [9.17, 15) is 14.0 Å². The Labute approximate surface area is 133 Å². The van der Waals surface area contributed by atoms with E-state index in [0.717, 1.165) is 11.1 Å². The summed E-state index contributed by atoms with van der Waals surface area (Å²) in [6.45, 7) is 3.32. The second-order valence-electron chi connectivity index (χ2n) is 5.87. The third kappa shape index (κ3) is 2.82. The molecular formula is C18H16FNO3. The number of benzene rings is 2. The van der Waals surface area contributed by atoms with Crippen LogP contribution in [0.4, 0.5) is 10.1 Å². The zero-order chi connectivity index (χ0) is 16.6. The number of esters is 1. The fourth-order valence-corrected chi connectivity index (χ4v) is 2.64. The highest BCUT2D eigenvalue weighted by atomic mass is 19.1. The fourth-order valence-electron chi connectivity index (χ4n) is 2.64. The van der Waals surface area contributed by atoms with Crippen LogP contribution < -0.4 is 5.32 Å². The van der Waals surface area contributed by atoms with Crippen LogP contribution in [0.25, 0.3) is 0 Å². The number of carbonyl (C=O) groups is 2. The molecule has 0 saturated heterocycles. The van der Waals surface area contributed by atoms with Gasteiger partial charge in [-0.15, -0.1) is 0 Å². The van der Waals surface area contributed by atoms with E-state index in [1.807, 2.05) is 6.07 Å². The van der Waals surface area contributed by atoms with Crippen molar-refractivity contribution in [1.82, 2.24) is 0 Å². The molecule has 23 heavy (non-hydrogen) atoms. The van der Waals surface area contributed by atoms with Gasteiger partial charge in [0.1, 0.15) is 5.82 Å². The molecule has 2 aromatic rings. The minimum Gasteiger partial charge on any atom is -0.445 e. The molecule has 5 heteroatoms. The average Bonchev–Trinajstić information content (AvgIpc) is 2.51. The minimum atomic E-state index is -1.33. The summed E-state index contributed by atoms with van der Waals surface area (Å²) in [5, 5.41) is 2.66. The number of cyclic esters (lactones) is 1. The van der Waals surface area contributed by atoms with Crippen LogP contribution in [0.5, 0.6) is 0 Å². The number of nitrogens with one attached hydrogen (secondary N) is 1. The van der Waals surface area contributed by atoms with Crippen molar-refractivity contribution in [3.05, 3.63) is 65.0 Å². The molecular weight excluding hydrogens is 297 g/mol. The summed E-state index contributed by atoms with van der Waals surface area (Å²) in [7, 11) is 0. The van der Waals surface area contributed by atoms with Crippen LogP contribution in [-0.4, -0.2) is 17.5 Å². The molecule has 0 radical (unpaired) electrons. The molecule has 3 rings (SSSR count). The third-order valence-corrected chi connectivity index (χ3v) is 4.01. The van der Waals surface area contributed by atoms with E-state index in [2.05, 4.69) is 5.32 Å². The first-order valence-corrected chi connectivity index (χ1v) is 7.28. The number of rotatable bonds is 2. The maximum atomic E-state index is 13.4. The highest BCUT2D eigenvalue weighted by Crippen LogP contribution is 2.29. The van der Waals surface area contributed by atoms with Gasteiger partial charge in [-0.05, 0) is 43.2 Å². The van der Waals surface area contributed by atoms with Gasteiger partial charge in [-0.1, -0.05) is 24.3 Å². The van der Waals surface area contributed by atoms with Crippen LogP contribution in [-0.2, 0) is 16.0 Å². The number of ether oxygens (including phenoxy) is 1. The molecule has 0 aliphatic carbocycles. The molecule has 0 saturated carbocycles. The average molecular weight is 313 g/mol. The lowest BCUT2D eigenvalue weighted by Gasteiger charge is -2.33. The molecule has 2 aromatic carbocycles. The first kappa shape index (κ1) is 15.2. The van der Waals surface area contributed by atoms with Crippen LogP contribution in [0.3, 0.4) is 0 Å². The second-order valence-corrected chi connectivity index (χ2v) is 5.87. The zero-order valence-corrected chi connectivity index (χ0v) is 12.9. The largest absolute Gasteiger partial charge is 0.445 e. The van der Waals surface area contributed by atoms with Gasteiger partial charge in [0.2, 0.25) is 0 Å². The van der Waals surface area contributed by atoms with Gasteiger partial charge in [0.05, 0.1) is 5.56 Å². The van der Waals surface area contributed by atoms with E-state index < -0.39 is 23.3 Å². The Morgan fingerprint density at radius 1 is 1.26 bits per heavy atom. The van der Waals surface area contributed by atoms with Gasteiger partial charge in [-0.2, -0.15) is 0 Å². The molecule has 1 heterocycles. The Kier molecular flexibility index (Phi) is 3.64. The molecule has 0 aromatic heterocycles. The van der Waals surface area contributed by atoms with Crippen molar-refractivity contribution >= 4 is 17.6 Å². The predicted octanol–water partition coefficient (Wildman–Crippen LogP) is 3.24. The summed E-state index contributed by atoms with van der Waals surface area (Å²) in [6, 6.07) is 11.2. The molecule has 1 atom stereocenters. The van der Waals surface area contributed by atoms with Crippen molar-refractivity contribution in [2.24, 2.45) is 0 Å². The quantitative estimate of drug-likeness (QED) is 0.866. The summed E-state index contributed by atoms with van der Waals surface area (Å²) < 4.78 is 18.7. The number of anilines is 1. The standard InChI is InChI=1S/C18H16FNO3/c1-11-7-8-13(19)9-15(11)20-17(22)18(2)10-12-5-3-4-6-14(12)16(21)23-18/h3-9H,10H2,1-2H3,(H,20,22). The summed E-state index contributed by atoms with van der Waals surface area (Å²) in [6.07, 6.45) is 0.273. The van der Waals surface area contributed by atoms with Crippen LogP contribution in [0.1, 0.15) is 28.4 Å². The Morgan fingerprint density at radius 3 is 2.78 bits per heavy atom. The maximum Gasteiger partial charge on any atom is 0.339 e. The summed E-state index contributed by atoms with van der Waals surface area (Å²) >= 11 is 0. The number of carbonyl (C=O) groups excluding carboxylic acids is 2. The number of hydrogen-bond acceptors (Lipinski definition) is 3. The number of aryl methyl sites for hydroxylation is 1. The smallest absolute Gasteiger partial charge is 0.339 e. The molecule has 1 N–H and O–H groups in total. The van der Waals surface area contributed by atoms with Crippen LogP contribution in [0.15, 0.2) is 42.5 Å². The van der Waals surface area contributed by atoms with E-state index in [4.69, 9.17) is 4.74 Å². The Balaban J connectivity index is 1.88. The topological polar surface area (TPSA) is 55.4 Å². The number of halogens is 1. The second kappa shape index (κ2) is 5.50. The molecule has 0 fully saturated rings. The zero-order valence-electron chi connectivity index (χ0n) is 12.9. The summed E-state index contributed by atoms with van der Waals surface area (Å²) in [4.78, 5) is 24.7. The van der Waals surface area contributed by atoms with E-state index in [1.54, 1.807) is 38.1 Å². The summed E-state index contributed by atoms with van der Waals surface area (Å²) in [5.74, 6) is -1.45. The van der Waals surface area contributed by atoms with Gasteiger partial charge in [-0.3, -0.25) is 4.79 Å². The van der Waals surface area contributed by atoms with Crippen molar-refractivity contribution in [1.29, 1.82) is 0 Å². The van der Waals surface area contributed by atoms with E-state index >= 15 is 0 Å². The van der Waals surface area contributed by atoms with Crippen molar-refractivity contribution in [2.75, 3.05) is 5.32 Å². The van der Waals surface area contributed by atoms with Gasteiger partial charge < -0.3 is 10.1 Å². The lowest BCUT2D eigenvalue weighted by molar-refractivity contribution is -0.134. The molecule has 1 unspecified atom stereocenters. The SMILES string of the molecule is Cc1ccc(F)cc1NC(=O)C1(C)Cc2ccccc2C(=O)O1. The molecule has 1 aliphatic heterocycles. The van der Waals surface area contributed by atoms with E-state index in [0.29, 0.717) is 11.3 Å². The lowest BCUT2D eigenvalue weighted by Crippen LogP contribution is -2.49. The van der Waals surface area contributed by atoms with Crippen LogP contribution in [0, 0.1) is 12.7 Å². The first-order chi connectivity index (χ1) is 10.9. The molecule has 1 aliphatic rings. The molecule has 118 valence electrons. The van der Waals surface area contributed by atoms with Gasteiger partial charge in [0, 0.05) is 12.1 Å². The van der Waals surface area contributed by atoms with Gasteiger partial charge in [0.15, 0.2) is 5.60 Å². The van der Waals surface area contributed by atoms with Gasteiger partial charge >= 0.3 is 5.97 Å². The highest BCUT2D eigenvalue weighted by molar-refractivity contribution is 6.02. The number of fused-ring (bicyclic) bond motifs is 1. The molecule has 0 bridgehead atoms. The summed E-state index contributed by atoms with van der Waals surface area (Å²) in [5.41, 5.74) is 0.999. The minimum absolute atomic E-state index is 0.273. The van der Waals surface area contributed by atoms with Crippen molar-refractivity contribution < 1.29 is 18.7 Å². The maximum absolute atomic E-state index is 13.4. The Hall–Kier alpha value is -2.69. The van der Waals surface area contributed by atoms with Gasteiger partial charge in [0.25, 0.3) is 5.91 Å². The normalized spacial score (nSPS) is 19.7. The highest BCUT2D eigenvalue weighted by Gasteiger charge is 2.42. The predicted molar refractivity (Wildman–Crippen MR) is 83.7 cm³/mol. The molecule has 1 amide bonds. The van der Waals surface area contributed by atoms with Crippen molar-refractivity contribution in [3.8, 4) is 0 Å². The number of amides is 1. The van der Waals surface area contributed by atoms with Crippen LogP contribution in [0.2, 0.25) is 0 Å². The fraction of sp³-hybridized carbons (Fsp3) is 0.222. The monoisotopic (exact) mass is 313 g/mol. The van der Waals surface area contributed by atoms with Crippen molar-refractivity contribution in [2.45, 2.75) is 25.9 Å². The first-order valence-electron chi connectivity index (χ1n) is 7.28. The van der Waals surface area contributed by atoms with Crippen molar-refractivity contribution in [3.63, 3.8) is 0 Å². The van der Waals surface area contributed by atoms with E-state index in [1.165, 1.54) is 12.1 Å². The molecule has 4 nitrogen and oxygen atoms in total. The Bertz CT molecular complexity index is 803. The van der Waals surface area contributed by atoms with Crippen LogP contribution >= 0.6 is 0 Å².